The molecule has 2 rings (SSSR count). The molecule has 1 aromatic rings. The van der Waals surface area contributed by atoms with Gasteiger partial charge < -0.3 is 4.55 Å². The number of hydrogen-bond acceptors (Lipinski definition) is 3. The lowest BCUT2D eigenvalue weighted by Gasteiger charge is -2.30. The molecular weight excluding hydrogens is 262 g/mol. The Bertz CT molecular complexity index is 352. The molecule has 2 nitrogen and oxygen atoms in total. The van der Waals surface area contributed by atoms with E-state index in [4.69, 9.17) is 0 Å². The third-order valence-electron chi connectivity index (χ3n) is 3.56. The third kappa shape index (κ3) is 3.50. The molecule has 0 saturated heterocycles. The zero-order valence-corrected chi connectivity index (χ0v) is 13.1. The molecule has 1 fully saturated rings. The van der Waals surface area contributed by atoms with E-state index >= 15 is 0 Å². The Morgan fingerprint density at radius 1 is 1.39 bits per heavy atom. The second kappa shape index (κ2) is 5.95. The molecule has 0 spiro atoms. The van der Waals surface area contributed by atoms with Crippen molar-refractivity contribution in [2.75, 3.05) is 0 Å². The molecule has 0 aliphatic heterocycles. The molecule has 1 aliphatic rings. The van der Waals surface area contributed by atoms with Crippen molar-refractivity contribution in [3.8, 4) is 0 Å². The van der Waals surface area contributed by atoms with Crippen LogP contribution in [0.4, 0.5) is 0 Å². The van der Waals surface area contributed by atoms with Gasteiger partial charge in [0, 0.05) is 11.4 Å². The lowest BCUT2D eigenvalue weighted by atomic mass is 9.94. The molecule has 0 radical (unpaired) electrons. The van der Waals surface area contributed by atoms with Crippen molar-refractivity contribution in [3.63, 3.8) is 0 Å². The molecular formula is C14H23NOS2. The van der Waals surface area contributed by atoms with Crippen molar-refractivity contribution in [2.24, 2.45) is 5.92 Å². The van der Waals surface area contributed by atoms with Crippen LogP contribution in [0.25, 0.3) is 0 Å². The summed E-state index contributed by atoms with van der Waals surface area (Å²) in [5.41, 5.74) is 1.31. The third-order valence-corrected chi connectivity index (χ3v) is 5.85. The maximum Gasteiger partial charge on any atom is 0.136 e. The van der Waals surface area contributed by atoms with Gasteiger partial charge in [-0.2, -0.15) is 11.3 Å². The molecule has 4 heteroatoms. The lowest BCUT2D eigenvalue weighted by molar-refractivity contribution is 0.406. The smallest absolute Gasteiger partial charge is 0.136 e. The largest absolute Gasteiger partial charge is 0.598 e. The van der Waals surface area contributed by atoms with Crippen LogP contribution in [0.2, 0.25) is 0 Å². The molecule has 1 aromatic heterocycles. The van der Waals surface area contributed by atoms with E-state index in [1.54, 1.807) is 11.3 Å². The average Bonchev–Trinajstić information content (AvgIpc) is 2.97. The van der Waals surface area contributed by atoms with Crippen molar-refractivity contribution < 1.29 is 4.55 Å². The van der Waals surface area contributed by atoms with Gasteiger partial charge >= 0.3 is 0 Å². The van der Waals surface area contributed by atoms with E-state index in [1.807, 2.05) is 20.8 Å². The fraction of sp³-hybridized carbons (Fsp3) is 0.714. The zero-order valence-electron chi connectivity index (χ0n) is 11.4. The van der Waals surface area contributed by atoms with Crippen LogP contribution in [-0.4, -0.2) is 9.30 Å². The maximum atomic E-state index is 12.3. The van der Waals surface area contributed by atoms with Gasteiger partial charge in [0.2, 0.25) is 0 Å². The fourth-order valence-electron chi connectivity index (χ4n) is 2.47. The number of hydrogen-bond donors (Lipinski definition) is 1. The highest BCUT2D eigenvalue weighted by Crippen LogP contribution is 2.37. The topological polar surface area (TPSA) is 35.1 Å². The molecule has 0 bridgehead atoms. The SMILES string of the molecule is CC(C)(C)[S+]([O-])N[C@H](c1ccsc1)C1CCCC1. The van der Waals surface area contributed by atoms with Gasteiger partial charge in [-0.3, -0.25) is 0 Å². The molecule has 1 heterocycles. The summed E-state index contributed by atoms with van der Waals surface area (Å²) in [4.78, 5) is 0. The first kappa shape index (κ1) is 14.4. The molecule has 0 amide bonds. The van der Waals surface area contributed by atoms with E-state index < -0.39 is 11.4 Å². The molecule has 2 atom stereocenters. The van der Waals surface area contributed by atoms with E-state index in [0.717, 1.165) is 0 Å². The van der Waals surface area contributed by atoms with Gasteiger partial charge in [-0.05, 0) is 61.9 Å². The van der Waals surface area contributed by atoms with Gasteiger partial charge in [-0.25, -0.2) is 0 Å². The van der Waals surface area contributed by atoms with Gasteiger partial charge in [0.25, 0.3) is 0 Å². The summed E-state index contributed by atoms with van der Waals surface area (Å²) in [5.74, 6) is 0.644. The Labute approximate surface area is 117 Å². The Kier molecular flexibility index (Phi) is 4.75. The van der Waals surface area contributed by atoms with Crippen molar-refractivity contribution >= 4 is 22.7 Å². The summed E-state index contributed by atoms with van der Waals surface area (Å²) < 4.78 is 15.5. The van der Waals surface area contributed by atoms with E-state index in [9.17, 15) is 4.55 Å². The first-order valence-electron chi connectivity index (χ1n) is 6.68. The molecule has 18 heavy (non-hydrogen) atoms. The van der Waals surface area contributed by atoms with Crippen LogP contribution >= 0.6 is 11.3 Å². The molecule has 1 unspecified atom stereocenters. The summed E-state index contributed by atoms with van der Waals surface area (Å²) in [6.07, 6.45) is 5.15. The molecule has 1 aliphatic carbocycles. The summed E-state index contributed by atoms with van der Waals surface area (Å²) in [5, 5.41) is 4.30. The van der Waals surface area contributed by atoms with Crippen LogP contribution in [-0.2, 0) is 11.4 Å². The van der Waals surface area contributed by atoms with Crippen LogP contribution in [0.3, 0.4) is 0 Å². The number of rotatable bonds is 4. The van der Waals surface area contributed by atoms with Crippen molar-refractivity contribution in [2.45, 2.75) is 57.2 Å². The van der Waals surface area contributed by atoms with Crippen LogP contribution in [0.15, 0.2) is 16.8 Å². The molecule has 1 saturated carbocycles. The Balaban J connectivity index is 2.10. The first-order chi connectivity index (χ1) is 8.48. The standard InChI is InChI=1S/C14H23NOS2/c1-14(2,3)18(16)15-13(11-6-4-5-7-11)12-8-9-17-10-12/h8-11,13,15H,4-7H2,1-3H3/t13-,18?/m0/s1. The van der Waals surface area contributed by atoms with E-state index in [0.29, 0.717) is 5.92 Å². The van der Waals surface area contributed by atoms with E-state index in [-0.39, 0.29) is 10.8 Å². The minimum atomic E-state index is -0.993. The Hall–Kier alpha value is -0.0300. The monoisotopic (exact) mass is 285 g/mol. The molecule has 1 N–H and O–H groups in total. The van der Waals surface area contributed by atoms with Gasteiger partial charge in [0.15, 0.2) is 0 Å². The average molecular weight is 285 g/mol. The Morgan fingerprint density at radius 3 is 2.56 bits per heavy atom. The second-order valence-corrected chi connectivity index (χ2v) is 8.86. The van der Waals surface area contributed by atoms with Crippen LogP contribution in [0, 0.1) is 5.92 Å². The predicted octanol–water partition coefficient (Wildman–Crippen LogP) is 4.03. The normalized spacial score (nSPS) is 21.1. The van der Waals surface area contributed by atoms with Gasteiger partial charge in [0.1, 0.15) is 4.75 Å². The lowest BCUT2D eigenvalue weighted by Crippen LogP contribution is -2.42. The zero-order chi connectivity index (χ0) is 13.2. The van der Waals surface area contributed by atoms with Crippen molar-refractivity contribution in [1.29, 1.82) is 0 Å². The highest BCUT2D eigenvalue weighted by Gasteiger charge is 2.34. The van der Waals surface area contributed by atoms with Crippen LogP contribution < -0.4 is 4.72 Å². The van der Waals surface area contributed by atoms with E-state index in [1.165, 1.54) is 31.2 Å². The quantitative estimate of drug-likeness (QED) is 0.848. The second-order valence-electron chi connectivity index (χ2n) is 6.08. The number of nitrogens with one attached hydrogen (secondary N) is 1. The summed E-state index contributed by atoms with van der Waals surface area (Å²) >= 11 is 0.729. The Morgan fingerprint density at radius 2 is 2.06 bits per heavy atom. The minimum absolute atomic E-state index is 0.202. The van der Waals surface area contributed by atoms with Crippen LogP contribution in [0.1, 0.15) is 58.1 Å². The predicted molar refractivity (Wildman–Crippen MR) is 80.0 cm³/mol. The summed E-state index contributed by atoms with van der Waals surface area (Å²) in [6, 6.07) is 2.43. The van der Waals surface area contributed by atoms with E-state index in [2.05, 4.69) is 21.5 Å². The first-order valence-corrected chi connectivity index (χ1v) is 8.78. The van der Waals surface area contributed by atoms with Gasteiger partial charge in [0.05, 0.1) is 6.04 Å². The fourth-order valence-corrected chi connectivity index (χ4v) is 4.08. The highest BCUT2D eigenvalue weighted by molar-refractivity contribution is 7.90. The van der Waals surface area contributed by atoms with Gasteiger partial charge in [-0.1, -0.05) is 12.8 Å². The number of thiophene rings is 1. The van der Waals surface area contributed by atoms with Crippen LogP contribution in [0.5, 0.6) is 0 Å². The molecule has 0 aromatic carbocycles. The van der Waals surface area contributed by atoms with Gasteiger partial charge in [-0.15, -0.1) is 4.72 Å². The maximum absolute atomic E-state index is 12.3. The summed E-state index contributed by atoms with van der Waals surface area (Å²) in [6.45, 7) is 6.07. The summed E-state index contributed by atoms with van der Waals surface area (Å²) in [7, 11) is 0. The van der Waals surface area contributed by atoms with Crippen molar-refractivity contribution in [1.82, 2.24) is 4.72 Å². The highest BCUT2D eigenvalue weighted by atomic mass is 32.2. The minimum Gasteiger partial charge on any atom is -0.598 e. The molecule has 102 valence electrons. The van der Waals surface area contributed by atoms with Crippen molar-refractivity contribution in [3.05, 3.63) is 22.4 Å².